The van der Waals surface area contributed by atoms with Gasteiger partial charge in [0.15, 0.2) is 11.5 Å². The number of nitrogens with one attached hydrogen (secondary N) is 1. The first-order chi connectivity index (χ1) is 14.6. The molecule has 0 amide bonds. The monoisotopic (exact) mass is 438 g/mol. The fourth-order valence-corrected chi connectivity index (χ4v) is 4.10. The summed E-state index contributed by atoms with van der Waals surface area (Å²) in [5.41, 5.74) is 5.04. The second-order valence-corrected chi connectivity index (χ2v) is 8.57. The molecule has 168 valence electrons. The minimum Gasteiger partial charge on any atom is -0.356 e. The molecule has 1 saturated heterocycles. The summed E-state index contributed by atoms with van der Waals surface area (Å²) in [5, 5.41) is 7.51. The van der Waals surface area contributed by atoms with Crippen molar-refractivity contribution in [3.63, 3.8) is 0 Å². The van der Waals surface area contributed by atoms with Crippen LogP contribution in [0.3, 0.4) is 0 Å². The Hall–Kier alpha value is -2.75. The Balaban J connectivity index is 0.00000289. The van der Waals surface area contributed by atoms with Gasteiger partial charge in [0, 0.05) is 32.1 Å². The summed E-state index contributed by atoms with van der Waals surface area (Å²) >= 11 is 0. The molecule has 1 aliphatic rings. The molecule has 31 heavy (non-hydrogen) atoms. The molecule has 6 nitrogen and oxygen atoms in total. The van der Waals surface area contributed by atoms with Crippen molar-refractivity contribution >= 4 is 16.9 Å². The Morgan fingerprint density at radius 1 is 1.26 bits per heavy atom. The molecule has 4 rings (SSSR count). The largest absolute Gasteiger partial charge is 0.395 e. The van der Waals surface area contributed by atoms with Gasteiger partial charge < -0.3 is 10.6 Å². The van der Waals surface area contributed by atoms with E-state index in [-0.39, 0.29) is 13.0 Å². The van der Waals surface area contributed by atoms with Crippen molar-refractivity contribution in [3.05, 3.63) is 36.3 Å². The number of hydrogen-bond donors (Lipinski definition) is 2. The van der Waals surface area contributed by atoms with Gasteiger partial charge in [-0.15, -0.1) is 0 Å². The summed E-state index contributed by atoms with van der Waals surface area (Å²) in [4.78, 5) is 10.5. The summed E-state index contributed by atoms with van der Waals surface area (Å²) in [6.07, 6.45) is -1.53. The van der Waals surface area contributed by atoms with Crippen LogP contribution in [0.1, 0.15) is 28.1 Å². The van der Waals surface area contributed by atoms with Crippen molar-refractivity contribution in [1.82, 2.24) is 20.2 Å². The fraction of sp³-hybridized carbons (Fsp3) is 0.476. The molecular formula is C21H26F4N6. The second kappa shape index (κ2) is 7.74. The number of alkyl halides is 3. The molecule has 1 fully saturated rings. The highest BCUT2D eigenvalue weighted by molar-refractivity contribution is 5.89. The first-order valence-corrected chi connectivity index (χ1v) is 10.1. The van der Waals surface area contributed by atoms with Gasteiger partial charge >= 0.3 is 6.18 Å². The topological polar surface area (TPSA) is 83.7 Å². The smallest absolute Gasteiger partial charge is 0.356 e. The average molecular weight is 438 g/mol. The van der Waals surface area contributed by atoms with E-state index in [9.17, 15) is 17.6 Å². The number of anilines is 1. The molecule has 10 heteroatoms. The van der Waals surface area contributed by atoms with Crippen molar-refractivity contribution in [3.8, 4) is 11.4 Å². The van der Waals surface area contributed by atoms with E-state index in [0.717, 1.165) is 13.8 Å². The maximum atomic E-state index is 14.6. The molecule has 2 unspecified atom stereocenters. The number of pyridine rings is 2. The number of nitrogens with two attached hydrogens (primary N) is 1. The first kappa shape index (κ1) is 21.5. The zero-order valence-electron chi connectivity index (χ0n) is 17.2. The maximum Gasteiger partial charge on any atom is 0.395 e. The number of fused-ring (bicyclic) bond motifs is 1. The molecule has 0 radical (unpaired) electrons. The van der Waals surface area contributed by atoms with E-state index < -0.39 is 23.5 Å². The van der Waals surface area contributed by atoms with Crippen LogP contribution in [0.2, 0.25) is 0 Å². The lowest BCUT2D eigenvalue weighted by Gasteiger charge is -2.43. The van der Waals surface area contributed by atoms with E-state index in [0.29, 0.717) is 48.5 Å². The number of piperidine rings is 1. The highest BCUT2D eigenvalue weighted by atomic mass is 19.4. The van der Waals surface area contributed by atoms with Gasteiger partial charge in [0.2, 0.25) is 0 Å². The van der Waals surface area contributed by atoms with E-state index in [1.165, 1.54) is 6.07 Å². The van der Waals surface area contributed by atoms with E-state index in [4.69, 9.17) is 5.73 Å². The van der Waals surface area contributed by atoms with Crippen LogP contribution in [-0.2, 0) is 0 Å². The third-order valence-corrected chi connectivity index (χ3v) is 6.25. The normalized spacial score (nSPS) is 19.1. The molecular weight excluding hydrogens is 412 g/mol. The van der Waals surface area contributed by atoms with Crippen LogP contribution in [0, 0.1) is 17.2 Å². The number of H-pyrrole nitrogens is 1. The Bertz CT molecular complexity index is 1080. The third kappa shape index (κ3) is 3.84. The van der Waals surface area contributed by atoms with Crippen molar-refractivity contribution in [2.24, 2.45) is 17.1 Å². The molecule has 2 atom stereocenters. The number of halogens is 4. The Morgan fingerprint density at radius 3 is 2.77 bits per heavy atom. The molecule has 0 saturated carbocycles. The molecule has 1 aliphatic heterocycles. The molecule has 3 N–H and O–H groups in total. The minimum absolute atomic E-state index is 0. The van der Waals surface area contributed by atoms with Crippen molar-refractivity contribution < 1.29 is 19.0 Å². The molecule has 3 aromatic heterocycles. The minimum atomic E-state index is -4.40. The van der Waals surface area contributed by atoms with Crippen molar-refractivity contribution in [1.29, 1.82) is 0 Å². The predicted octanol–water partition coefficient (Wildman–Crippen LogP) is 4.54. The summed E-state index contributed by atoms with van der Waals surface area (Å²) < 4.78 is 55.1. The lowest BCUT2D eigenvalue weighted by atomic mass is 9.74. The number of hydrogen-bond acceptors (Lipinski definition) is 5. The summed E-state index contributed by atoms with van der Waals surface area (Å²) in [6.45, 7) is 3.22. The van der Waals surface area contributed by atoms with E-state index in [1.807, 2.05) is 4.90 Å². The fourth-order valence-electron chi connectivity index (χ4n) is 4.10. The summed E-state index contributed by atoms with van der Waals surface area (Å²) in [7, 11) is 0. The third-order valence-electron chi connectivity index (χ3n) is 6.25. The quantitative estimate of drug-likeness (QED) is 0.585. The lowest BCUT2D eigenvalue weighted by Crippen LogP contribution is -2.55. The van der Waals surface area contributed by atoms with E-state index in [2.05, 4.69) is 20.2 Å². The van der Waals surface area contributed by atoms with Gasteiger partial charge in [-0.2, -0.15) is 18.3 Å². The molecule has 0 aromatic carbocycles. The maximum absolute atomic E-state index is 14.6. The van der Waals surface area contributed by atoms with Crippen LogP contribution in [0.15, 0.2) is 30.5 Å². The van der Waals surface area contributed by atoms with Crippen LogP contribution in [0.4, 0.5) is 23.4 Å². The predicted molar refractivity (Wildman–Crippen MR) is 112 cm³/mol. The van der Waals surface area contributed by atoms with E-state index in [1.54, 1.807) is 24.4 Å². The van der Waals surface area contributed by atoms with Gasteiger partial charge in [0.1, 0.15) is 11.5 Å². The zero-order chi connectivity index (χ0) is 22.4. The average Bonchev–Trinajstić information content (AvgIpc) is 3.17. The molecule has 0 spiro atoms. The highest BCUT2D eigenvalue weighted by Gasteiger charge is 2.53. The standard InChI is InChI=1S/C21H24F4N6.H2/c1-20(2,21(23,24)25)18(26)12-5-4-10-31(11-12)15-8-7-14(22)17(28-15)16-13-6-3-9-27-19(13)30-29-16;/h3,6-9,12,18H,4-5,10-11,26H2,1-2H3,(H,27,29,30);1H. The SMILES string of the molecule is CC(C)(C(N)C1CCCN(c2ccc(F)c(-c3[nH]nc4ncccc34)n2)C1)C(F)(F)F.[HH]. The number of aromatic nitrogens is 4. The van der Waals surface area contributed by atoms with Gasteiger partial charge in [0.05, 0.1) is 11.1 Å². The summed E-state index contributed by atoms with van der Waals surface area (Å²) in [5.74, 6) is -0.399. The zero-order valence-corrected chi connectivity index (χ0v) is 17.2. The van der Waals surface area contributed by atoms with Crippen LogP contribution < -0.4 is 10.6 Å². The van der Waals surface area contributed by atoms with Crippen LogP contribution >= 0.6 is 0 Å². The Morgan fingerprint density at radius 2 is 2.03 bits per heavy atom. The van der Waals surface area contributed by atoms with Gasteiger partial charge in [-0.25, -0.2) is 14.4 Å². The van der Waals surface area contributed by atoms with Crippen molar-refractivity contribution in [2.45, 2.75) is 38.9 Å². The number of aromatic amines is 1. The Kier molecular flexibility index (Phi) is 5.36. The summed E-state index contributed by atoms with van der Waals surface area (Å²) in [6, 6.07) is 5.28. The van der Waals surface area contributed by atoms with E-state index >= 15 is 0 Å². The van der Waals surface area contributed by atoms with Crippen LogP contribution in [0.5, 0.6) is 0 Å². The van der Waals surface area contributed by atoms with Crippen LogP contribution in [0.25, 0.3) is 22.4 Å². The lowest BCUT2D eigenvalue weighted by molar-refractivity contribution is -0.222. The molecule has 0 bridgehead atoms. The number of nitrogens with zero attached hydrogens (tertiary/aromatic N) is 4. The highest BCUT2D eigenvalue weighted by Crippen LogP contribution is 2.43. The number of rotatable bonds is 4. The first-order valence-electron chi connectivity index (χ1n) is 10.1. The van der Waals surface area contributed by atoms with Gasteiger partial charge in [-0.3, -0.25) is 5.10 Å². The van der Waals surface area contributed by atoms with Gasteiger partial charge in [0.25, 0.3) is 0 Å². The van der Waals surface area contributed by atoms with Gasteiger partial charge in [-0.05, 0) is 56.9 Å². The van der Waals surface area contributed by atoms with Gasteiger partial charge in [-0.1, -0.05) is 0 Å². The molecule has 3 aromatic rings. The molecule has 0 aliphatic carbocycles. The molecule has 4 heterocycles. The van der Waals surface area contributed by atoms with Crippen molar-refractivity contribution in [2.75, 3.05) is 18.0 Å². The van der Waals surface area contributed by atoms with Crippen LogP contribution in [-0.4, -0.2) is 45.5 Å². The Labute approximate surface area is 178 Å². The second-order valence-electron chi connectivity index (χ2n) is 8.57.